The van der Waals surface area contributed by atoms with Crippen LogP contribution in [0.15, 0.2) is 72.0 Å². The second-order valence-corrected chi connectivity index (χ2v) is 12.7. The number of hydrogen-bond donors (Lipinski definition) is 2. The van der Waals surface area contributed by atoms with Gasteiger partial charge in [0, 0.05) is 46.6 Å². The van der Waals surface area contributed by atoms with Crippen molar-refractivity contribution in [1.82, 2.24) is 0 Å². The number of anilines is 1. The fourth-order valence-electron chi connectivity index (χ4n) is 7.09. The van der Waals surface area contributed by atoms with Crippen LogP contribution in [0.25, 0.3) is 0 Å². The minimum absolute atomic E-state index is 0.0908. The SMILES string of the molecule is CCCCC1(C)C(/C=C/C(C#N)=C/C=C2/N(CCC(=O)O)c3ccc(F)cc3C2(C)CCC)=[N+](CCC(=O)O)c2ccc(C=O)cc21. The van der Waals surface area contributed by atoms with Crippen LogP contribution < -0.4 is 4.90 Å². The number of carboxylic acid groups (broad SMARTS) is 2. The fraction of sp³-hybridized carbons (Fsp3) is 0.395. The topological polar surface area (TPSA) is 122 Å². The molecule has 0 radical (unpaired) electrons. The number of carbonyl (C=O) groups excluding carboxylic acids is 1. The smallest absolute Gasteiger partial charge is 0.309 e. The van der Waals surface area contributed by atoms with Crippen molar-refractivity contribution in [2.24, 2.45) is 0 Å². The number of carbonyl (C=O) groups is 3. The summed E-state index contributed by atoms with van der Waals surface area (Å²) in [7, 11) is 0. The van der Waals surface area contributed by atoms with Gasteiger partial charge in [0.1, 0.15) is 18.5 Å². The van der Waals surface area contributed by atoms with Gasteiger partial charge in [-0.2, -0.15) is 9.84 Å². The van der Waals surface area contributed by atoms with Crippen molar-refractivity contribution in [2.45, 2.75) is 83.5 Å². The molecule has 0 spiro atoms. The van der Waals surface area contributed by atoms with Crippen LogP contribution in [0.5, 0.6) is 0 Å². The molecule has 2 aromatic carbocycles. The van der Waals surface area contributed by atoms with Crippen molar-refractivity contribution in [3.8, 4) is 6.07 Å². The number of nitriles is 1. The van der Waals surface area contributed by atoms with Crippen molar-refractivity contribution in [2.75, 3.05) is 18.0 Å². The molecule has 2 unspecified atom stereocenters. The molecule has 0 saturated heterocycles. The number of aldehydes is 1. The highest BCUT2D eigenvalue weighted by Gasteiger charge is 2.47. The molecule has 2 heterocycles. The van der Waals surface area contributed by atoms with E-state index in [1.165, 1.54) is 12.1 Å². The number of rotatable bonds is 15. The number of nitrogens with zero attached hydrogens (tertiary/aromatic N) is 3. The van der Waals surface area contributed by atoms with E-state index in [4.69, 9.17) is 0 Å². The summed E-state index contributed by atoms with van der Waals surface area (Å²) in [5.74, 6) is -2.23. The van der Waals surface area contributed by atoms with Crippen molar-refractivity contribution in [3.05, 3.63) is 94.5 Å². The van der Waals surface area contributed by atoms with Crippen molar-refractivity contribution in [1.29, 1.82) is 5.26 Å². The van der Waals surface area contributed by atoms with Crippen LogP contribution in [0.2, 0.25) is 0 Å². The summed E-state index contributed by atoms with van der Waals surface area (Å²) in [6, 6.07) is 12.3. The third kappa shape index (κ3) is 7.12. The number of allylic oxidation sites excluding steroid dienone is 6. The standard InChI is InChI=1S/C38H42FN3O5/c1-5-7-19-38(4)29-22-27(25-43)8-12-31(29)41(20-16-35(44)45)34(38)15-10-26(24-40)9-14-33-37(3,18-6-2)30-23-28(39)11-13-32(30)42(33)21-17-36(46)47/h8-15,22-23,25H,5-7,16-21H2,1-4H3,(H-,44,45,46,47)/p+1. The van der Waals surface area contributed by atoms with Crippen LogP contribution in [0, 0.1) is 17.1 Å². The molecule has 0 bridgehead atoms. The number of aliphatic carboxylic acids is 2. The third-order valence-corrected chi connectivity index (χ3v) is 9.45. The lowest BCUT2D eigenvalue weighted by atomic mass is 9.75. The first-order valence-electron chi connectivity index (χ1n) is 16.2. The van der Waals surface area contributed by atoms with E-state index in [0.29, 0.717) is 17.6 Å². The summed E-state index contributed by atoms with van der Waals surface area (Å²) in [6.07, 6.45) is 11.8. The lowest BCUT2D eigenvalue weighted by molar-refractivity contribution is -0.436. The van der Waals surface area contributed by atoms with E-state index in [1.807, 2.05) is 47.6 Å². The summed E-state index contributed by atoms with van der Waals surface area (Å²) in [5, 5.41) is 29.2. The molecule has 2 atom stereocenters. The van der Waals surface area contributed by atoms with Gasteiger partial charge in [0.05, 0.1) is 23.5 Å². The van der Waals surface area contributed by atoms with Gasteiger partial charge in [-0.1, -0.05) is 33.1 Å². The first-order chi connectivity index (χ1) is 22.4. The Labute approximate surface area is 275 Å². The Morgan fingerprint density at radius 3 is 2.38 bits per heavy atom. The number of hydrogen-bond acceptors (Lipinski definition) is 5. The molecule has 0 aliphatic carbocycles. The Morgan fingerprint density at radius 2 is 1.74 bits per heavy atom. The highest BCUT2D eigenvalue weighted by molar-refractivity contribution is 6.04. The second-order valence-electron chi connectivity index (χ2n) is 12.7. The van der Waals surface area contributed by atoms with Crippen LogP contribution >= 0.6 is 0 Å². The van der Waals surface area contributed by atoms with Gasteiger partial charge >= 0.3 is 11.9 Å². The van der Waals surface area contributed by atoms with Crippen LogP contribution in [-0.4, -0.2) is 51.8 Å². The van der Waals surface area contributed by atoms with E-state index < -0.39 is 22.8 Å². The van der Waals surface area contributed by atoms with Crippen LogP contribution in [0.1, 0.15) is 94.1 Å². The molecular formula is C38H43FN3O5+. The normalized spacial score (nSPS) is 21.3. The van der Waals surface area contributed by atoms with Crippen molar-refractivity contribution < 1.29 is 33.6 Å². The minimum Gasteiger partial charge on any atom is -0.481 e. The molecular weight excluding hydrogens is 597 g/mol. The minimum atomic E-state index is -0.943. The quantitative estimate of drug-likeness (QED) is 0.0890. The average Bonchev–Trinajstić information content (AvgIpc) is 3.41. The zero-order valence-corrected chi connectivity index (χ0v) is 27.6. The van der Waals surface area contributed by atoms with Gasteiger partial charge in [0.25, 0.3) is 0 Å². The Hall–Kier alpha value is -4.84. The first kappa shape index (κ1) is 35.0. The van der Waals surface area contributed by atoms with Crippen LogP contribution in [0.3, 0.4) is 0 Å². The number of unbranched alkanes of at least 4 members (excludes halogenated alkanes) is 1. The lowest BCUT2D eigenvalue weighted by Gasteiger charge is -2.30. The van der Waals surface area contributed by atoms with Crippen LogP contribution in [0.4, 0.5) is 15.8 Å². The maximum absolute atomic E-state index is 14.5. The molecule has 47 heavy (non-hydrogen) atoms. The van der Waals surface area contributed by atoms with Gasteiger partial charge in [-0.25, -0.2) is 4.39 Å². The Balaban J connectivity index is 1.83. The average molecular weight is 641 g/mol. The molecule has 0 fully saturated rings. The van der Waals surface area contributed by atoms with E-state index in [1.54, 1.807) is 24.3 Å². The number of benzene rings is 2. The molecule has 2 aliphatic heterocycles. The molecule has 8 nitrogen and oxygen atoms in total. The molecule has 246 valence electrons. The second kappa shape index (κ2) is 14.7. The van der Waals surface area contributed by atoms with E-state index in [9.17, 15) is 34.2 Å². The summed E-state index contributed by atoms with van der Waals surface area (Å²) in [5.41, 5.74) is 4.73. The van der Waals surface area contributed by atoms with Gasteiger partial charge in [0.15, 0.2) is 12.3 Å². The third-order valence-electron chi connectivity index (χ3n) is 9.45. The molecule has 4 rings (SSSR count). The zero-order chi connectivity index (χ0) is 34.4. The van der Waals surface area contributed by atoms with Crippen LogP contribution in [-0.2, 0) is 20.4 Å². The monoisotopic (exact) mass is 640 g/mol. The van der Waals surface area contributed by atoms with Crippen molar-refractivity contribution in [3.63, 3.8) is 0 Å². The van der Waals surface area contributed by atoms with Gasteiger partial charge in [0.2, 0.25) is 5.69 Å². The largest absolute Gasteiger partial charge is 0.481 e. The Bertz CT molecular complexity index is 1730. The lowest BCUT2D eigenvalue weighted by Crippen LogP contribution is -2.31. The van der Waals surface area contributed by atoms with E-state index in [-0.39, 0.29) is 31.7 Å². The summed E-state index contributed by atoms with van der Waals surface area (Å²) in [4.78, 5) is 36.8. The predicted molar refractivity (Wildman–Crippen MR) is 180 cm³/mol. The molecule has 0 aromatic heterocycles. The zero-order valence-electron chi connectivity index (χ0n) is 27.6. The molecule has 0 saturated carbocycles. The van der Waals surface area contributed by atoms with Gasteiger partial charge < -0.3 is 15.1 Å². The maximum atomic E-state index is 14.5. The molecule has 9 heteroatoms. The summed E-state index contributed by atoms with van der Waals surface area (Å²) in [6.45, 7) is 8.68. The van der Waals surface area contributed by atoms with Gasteiger partial charge in [-0.05, 0) is 80.8 Å². The first-order valence-corrected chi connectivity index (χ1v) is 16.2. The molecule has 2 aliphatic rings. The molecule has 2 N–H and O–H groups in total. The van der Waals surface area contributed by atoms with Gasteiger partial charge in [-0.15, -0.1) is 0 Å². The summed E-state index contributed by atoms with van der Waals surface area (Å²) < 4.78 is 16.5. The highest BCUT2D eigenvalue weighted by atomic mass is 19.1. The number of fused-ring (bicyclic) bond motifs is 2. The fourth-order valence-corrected chi connectivity index (χ4v) is 7.09. The maximum Gasteiger partial charge on any atom is 0.309 e. The van der Waals surface area contributed by atoms with E-state index >= 15 is 0 Å². The van der Waals surface area contributed by atoms with Crippen molar-refractivity contribution >= 4 is 35.3 Å². The Morgan fingerprint density at radius 1 is 1.00 bits per heavy atom. The molecule has 0 amide bonds. The Kier molecular flexibility index (Phi) is 11.0. The number of halogens is 1. The number of carboxylic acids is 2. The molecule has 2 aromatic rings. The van der Waals surface area contributed by atoms with Gasteiger partial charge in [-0.3, -0.25) is 14.4 Å². The van der Waals surface area contributed by atoms with E-state index in [2.05, 4.69) is 19.9 Å². The van der Waals surface area contributed by atoms with E-state index in [0.717, 1.165) is 65.9 Å². The highest BCUT2D eigenvalue weighted by Crippen LogP contribution is 2.51. The predicted octanol–water partition coefficient (Wildman–Crippen LogP) is 7.60. The summed E-state index contributed by atoms with van der Waals surface area (Å²) >= 11 is 0.